The number of urea groups is 1. The zero-order valence-electron chi connectivity index (χ0n) is 24.6. The number of nitrogens with zero attached hydrogens (tertiary/aromatic N) is 3. The van der Waals surface area contributed by atoms with Crippen LogP contribution in [0.5, 0.6) is 5.75 Å². The monoisotopic (exact) mass is 577 g/mol. The zero-order chi connectivity index (χ0) is 30.3. The number of rotatable bonds is 6. The summed E-state index contributed by atoms with van der Waals surface area (Å²) in [5.41, 5.74) is 3.75. The molecule has 10 nitrogen and oxygen atoms in total. The Morgan fingerprint density at radius 1 is 1.19 bits per heavy atom. The normalized spacial score (nSPS) is 18.6. The van der Waals surface area contributed by atoms with E-state index in [1.165, 1.54) is 6.07 Å². The average molecular weight is 578 g/mol. The third kappa shape index (κ3) is 5.82. The molecule has 11 heteroatoms. The Hall–Kier alpha value is -4.38. The fourth-order valence-corrected chi connectivity index (χ4v) is 5.26. The van der Waals surface area contributed by atoms with Crippen LogP contribution in [0.3, 0.4) is 0 Å². The Bertz CT molecular complexity index is 1510. The lowest BCUT2D eigenvalue weighted by Crippen LogP contribution is -2.51. The van der Waals surface area contributed by atoms with Crippen molar-refractivity contribution in [2.24, 2.45) is 4.99 Å². The minimum Gasteiger partial charge on any atom is -0.490 e. The highest BCUT2D eigenvalue weighted by molar-refractivity contribution is 6.05. The maximum atomic E-state index is 15.4. The van der Waals surface area contributed by atoms with Crippen molar-refractivity contribution >= 4 is 29.1 Å². The summed E-state index contributed by atoms with van der Waals surface area (Å²) in [5.74, 6) is -0.985. The Morgan fingerprint density at radius 3 is 2.57 bits per heavy atom. The van der Waals surface area contributed by atoms with Crippen LogP contribution in [0, 0.1) is 19.7 Å². The minimum atomic E-state index is -1.30. The van der Waals surface area contributed by atoms with E-state index in [0.717, 1.165) is 23.1 Å². The first-order chi connectivity index (χ1) is 19.8. The predicted molar refractivity (Wildman–Crippen MR) is 158 cm³/mol. The molecule has 2 amide bonds. The summed E-state index contributed by atoms with van der Waals surface area (Å²) in [6, 6.07) is 8.29. The average Bonchev–Trinajstić information content (AvgIpc) is 3.25. The number of nitrogens with one attached hydrogen (secondary N) is 2. The van der Waals surface area contributed by atoms with Crippen LogP contribution in [-0.4, -0.2) is 52.3 Å². The fraction of sp³-hybridized carbons (Fsp3) is 0.387. The molecule has 0 aromatic heterocycles. The van der Waals surface area contributed by atoms with Crippen LogP contribution in [0.1, 0.15) is 50.8 Å². The fourth-order valence-electron chi connectivity index (χ4n) is 5.26. The first-order valence-electron chi connectivity index (χ1n) is 13.9. The van der Waals surface area contributed by atoms with Crippen LogP contribution in [0.25, 0.3) is 0 Å². The number of carbonyl (C=O) groups is 2. The standard InChI is InChI=1S/C31H36FN5O5/c1-17-9-11-20(12-10-17)34-30(40)35-26-15-25-33-19(3)22(28(29(38)39)42-31(4,5)6)16-36(25)37(26)24-14-23(32)27-21(18(24)2)8-7-13-41-27/h9-12,14-16,26,28H,7-8,13H2,1-6H3,(H,38,39)(H2,34,35,40)/t26?,28-/m0/s1. The largest absolute Gasteiger partial charge is 0.490 e. The number of carboxylic acids is 1. The number of hydrogen-bond acceptors (Lipinski definition) is 7. The second-order valence-corrected chi connectivity index (χ2v) is 11.6. The first kappa shape index (κ1) is 29.1. The number of aryl methyl sites for hydroxylation is 1. The van der Waals surface area contributed by atoms with Crippen molar-refractivity contribution in [3.05, 3.63) is 76.5 Å². The number of aliphatic carboxylic acids is 1. The van der Waals surface area contributed by atoms with Gasteiger partial charge in [-0.25, -0.2) is 24.0 Å². The molecular formula is C31H36FN5O5. The molecule has 2 aromatic carbocycles. The van der Waals surface area contributed by atoms with Crippen molar-refractivity contribution in [3.8, 4) is 5.75 Å². The number of aliphatic imine (C=N–C) groups is 1. The molecule has 0 radical (unpaired) electrons. The summed E-state index contributed by atoms with van der Waals surface area (Å²) in [5, 5.41) is 19.2. The molecule has 222 valence electrons. The summed E-state index contributed by atoms with van der Waals surface area (Å²) < 4.78 is 27.0. The van der Waals surface area contributed by atoms with E-state index < -0.39 is 35.7 Å². The molecule has 0 aliphatic carbocycles. The highest BCUT2D eigenvalue weighted by Gasteiger charge is 2.40. The van der Waals surface area contributed by atoms with Gasteiger partial charge in [0.1, 0.15) is 6.17 Å². The van der Waals surface area contributed by atoms with E-state index in [0.29, 0.717) is 41.5 Å². The Balaban J connectivity index is 1.56. The number of benzene rings is 2. The molecule has 2 atom stereocenters. The van der Waals surface area contributed by atoms with E-state index in [4.69, 9.17) is 9.47 Å². The van der Waals surface area contributed by atoms with Gasteiger partial charge in [-0.1, -0.05) is 17.7 Å². The SMILES string of the molecule is CC1=NC2=CC(NC(=O)Nc3ccc(C)cc3)N(c3cc(F)c4c(c3C)CCCO4)N2C=C1[C@H](OC(C)(C)C)C(=O)O. The second-order valence-electron chi connectivity index (χ2n) is 11.6. The maximum Gasteiger partial charge on any atom is 0.337 e. The van der Waals surface area contributed by atoms with Crippen LogP contribution in [-0.2, 0) is 16.0 Å². The molecule has 0 saturated carbocycles. The van der Waals surface area contributed by atoms with Gasteiger partial charge in [-0.15, -0.1) is 0 Å². The van der Waals surface area contributed by atoms with Crippen molar-refractivity contribution in [2.45, 2.75) is 72.3 Å². The van der Waals surface area contributed by atoms with Crippen molar-refractivity contribution in [1.29, 1.82) is 0 Å². The number of hydrazine groups is 1. The summed E-state index contributed by atoms with van der Waals surface area (Å²) >= 11 is 0. The Kier molecular flexibility index (Phi) is 7.72. The summed E-state index contributed by atoms with van der Waals surface area (Å²) in [6.07, 6.45) is 2.67. The predicted octanol–water partition coefficient (Wildman–Crippen LogP) is 5.42. The number of fused-ring (bicyclic) bond motifs is 2. The highest BCUT2D eigenvalue weighted by Crippen LogP contribution is 2.41. The van der Waals surface area contributed by atoms with Gasteiger partial charge in [0.15, 0.2) is 23.5 Å². The topological polar surface area (TPSA) is 116 Å². The lowest BCUT2D eigenvalue weighted by Gasteiger charge is -2.38. The van der Waals surface area contributed by atoms with E-state index in [1.807, 2.05) is 26.0 Å². The van der Waals surface area contributed by atoms with Gasteiger partial charge in [0, 0.05) is 40.9 Å². The smallest absolute Gasteiger partial charge is 0.337 e. The third-order valence-electron chi connectivity index (χ3n) is 7.22. The molecule has 0 saturated heterocycles. The molecule has 3 aliphatic heterocycles. The number of carbonyl (C=O) groups excluding carboxylic acids is 1. The summed E-state index contributed by atoms with van der Waals surface area (Å²) in [7, 11) is 0. The van der Waals surface area contributed by atoms with Crippen LogP contribution in [0.2, 0.25) is 0 Å². The maximum absolute atomic E-state index is 15.4. The molecule has 3 aliphatic rings. The van der Waals surface area contributed by atoms with Crippen LogP contribution >= 0.6 is 0 Å². The number of halogens is 1. The van der Waals surface area contributed by atoms with Gasteiger partial charge >= 0.3 is 12.0 Å². The molecular weight excluding hydrogens is 541 g/mol. The number of ether oxygens (including phenoxy) is 2. The highest BCUT2D eigenvalue weighted by atomic mass is 19.1. The number of carboxylic acid groups (broad SMARTS) is 1. The molecule has 42 heavy (non-hydrogen) atoms. The third-order valence-corrected chi connectivity index (χ3v) is 7.22. The molecule has 5 rings (SSSR count). The van der Waals surface area contributed by atoms with Gasteiger partial charge < -0.3 is 25.2 Å². The lowest BCUT2D eigenvalue weighted by atomic mass is 9.98. The van der Waals surface area contributed by atoms with Gasteiger partial charge in [0.05, 0.1) is 17.9 Å². The number of hydrogen-bond donors (Lipinski definition) is 3. The quantitative estimate of drug-likeness (QED) is 0.420. The summed E-state index contributed by atoms with van der Waals surface area (Å²) in [6.45, 7) is 11.3. The second kappa shape index (κ2) is 11.1. The van der Waals surface area contributed by atoms with Gasteiger partial charge in [-0.05, 0) is 72.1 Å². The van der Waals surface area contributed by atoms with E-state index in [2.05, 4.69) is 15.6 Å². The van der Waals surface area contributed by atoms with Crippen molar-refractivity contribution in [2.75, 3.05) is 16.9 Å². The van der Waals surface area contributed by atoms with Crippen molar-refractivity contribution < 1.29 is 28.6 Å². The van der Waals surface area contributed by atoms with E-state index >= 15 is 4.39 Å². The van der Waals surface area contributed by atoms with Crippen LogP contribution in [0.4, 0.5) is 20.6 Å². The van der Waals surface area contributed by atoms with Gasteiger partial charge in [-0.3, -0.25) is 5.01 Å². The van der Waals surface area contributed by atoms with E-state index in [9.17, 15) is 14.7 Å². The number of anilines is 2. The molecule has 0 fully saturated rings. The van der Waals surface area contributed by atoms with E-state index in [-0.39, 0.29) is 5.75 Å². The molecule has 0 bridgehead atoms. The molecule has 3 N–H and O–H groups in total. The zero-order valence-corrected chi connectivity index (χ0v) is 24.6. The van der Waals surface area contributed by atoms with Crippen LogP contribution in [0.15, 0.2) is 59.0 Å². The summed E-state index contributed by atoms with van der Waals surface area (Å²) in [4.78, 5) is 30.2. The first-order valence-corrected chi connectivity index (χ1v) is 13.9. The number of amides is 2. The molecule has 3 heterocycles. The lowest BCUT2D eigenvalue weighted by molar-refractivity contribution is -0.155. The van der Waals surface area contributed by atoms with Gasteiger partial charge in [-0.2, -0.15) is 0 Å². The van der Waals surface area contributed by atoms with Crippen LogP contribution < -0.4 is 20.4 Å². The van der Waals surface area contributed by atoms with Crippen molar-refractivity contribution in [1.82, 2.24) is 10.3 Å². The Morgan fingerprint density at radius 2 is 1.90 bits per heavy atom. The van der Waals surface area contributed by atoms with Gasteiger partial charge in [0.2, 0.25) is 0 Å². The molecule has 2 aromatic rings. The van der Waals surface area contributed by atoms with Gasteiger partial charge in [0.25, 0.3) is 0 Å². The van der Waals surface area contributed by atoms with E-state index in [1.54, 1.807) is 62.1 Å². The minimum absolute atomic E-state index is 0.241. The molecule has 1 unspecified atom stereocenters. The van der Waals surface area contributed by atoms with Crippen molar-refractivity contribution in [3.63, 3.8) is 0 Å². The Labute approximate surface area is 244 Å². The molecule has 0 spiro atoms.